The SMILES string of the molecule is O=C1/C=C\C(=O)OC2(O)CCCCC2O1. The number of ether oxygens (including phenoxy) is 2. The Morgan fingerprint density at radius 2 is 2.00 bits per heavy atom. The summed E-state index contributed by atoms with van der Waals surface area (Å²) in [7, 11) is 0. The molecule has 82 valence electrons. The second-order valence-corrected chi connectivity index (χ2v) is 3.77. The first-order chi connectivity index (χ1) is 7.10. The number of fused-ring (bicyclic) bond motifs is 1. The van der Waals surface area contributed by atoms with Gasteiger partial charge in [-0.2, -0.15) is 0 Å². The van der Waals surface area contributed by atoms with Crippen LogP contribution in [0.3, 0.4) is 0 Å². The van der Waals surface area contributed by atoms with Gasteiger partial charge in [-0.05, 0) is 19.3 Å². The van der Waals surface area contributed by atoms with Gasteiger partial charge >= 0.3 is 11.9 Å². The van der Waals surface area contributed by atoms with E-state index in [-0.39, 0.29) is 0 Å². The summed E-state index contributed by atoms with van der Waals surface area (Å²) in [5.41, 5.74) is 0. The highest BCUT2D eigenvalue weighted by Gasteiger charge is 2.45. The summed E-state index contributed by atoms with van der Waals surface area (Å²) in [6.45, 7) is 0. The molecule has 1 aliphatic carbocycles. The third kappa shape index (κ3) is 2.02. The average molecular weight is 212 g/mol. The molecule has 1 heterocycles. The first kappa shape index (κ1) is 10.2. The molecular formula is C10H12O5. The smallest absolute Gasteiger partial charge is 0.333 e. The third-order valence-electron chi connectivity index (χ3n) is 2.65. The van der Waals surface area contributed by atoms with Crippen molar-refractivity contribution in [2.24, 2.45) is 0 Å². The van der Waals surface area contributed by atoms with E-state index < -0.39 is 23.8 Å². The van der Waals surface area contributed by atoms with Crippen molar-refractivity contribution in [1.82, 2.24) is 0 Å². The van der Waals surface area contributed by atoms with Crippen LogP contribution in [0.1, 0.15) is 25.7 Å². The lowest BCUT2D eigenvalue weighted by Gasteiger charge is -2.38. The number of rotatable bonds is 0. The molecule has 15 heavy (non-hydrogen) atoms. The zero-order chi connectivity index (χ0) is 10.9. The standard InChI is InChI=1S/C10H12O5/c11-8-4-5-9(12)15-10(13)6-2-1-3-7(10)14-8/h4-5,7,13H,1-3,6H2/b5-4-. The molecule has 2 aliphatic rings. The molecule has 0 saturated heterocycles. The van der Waals surface area contributed by atoms with Crippen LogP contribution in [0.2, 0.25) is 0 Å². The summed E-state index contributed by atoms with van der Waals surface area (Å²) < 4.78 is 9.88. The highest BCUT2D eigenvalue weighted by Crippen LogP contribution is 2.32. The lowest BCUT2D eigenvalue weighted by Crippen LogP contribution is -2.51. The normalized spacial score (nSPS) is 38.1. The van der Waals surface area contributed by atoms with E-state index in [4.69, 9.17) is 9.47 Å². The van der Waals surface area contributed by atoms with Gasteiger partial charge in [0.25, 0.3) is 0 Å². The topological polar surface area (TPSA) is 72.8 Å². The van der Waals surface area contributed by atoms with E-state index in [0.717, 1.165) is 25.0 Å². The molecule has 0 aromatic heterocycles. The average Bonchev–Trinajstić information content (AvgIpc) is 2.17. The maximum absolute atomic E-state index is 11.2. The summed E-state index contributed by atoms with van der Waals surface area (Å²) in [5, 5.41) is 10.0. The third-order valence-corrected chi connectivity index (χ3v) is 2.65. The highest BCUT2D eigenvalue weighted by molar-refractivity contribution is 5.92. The van der Waals surface area contributed by atoms with Gasteiger partial charge in [-0.3, -0.25) is 0 Å². The maximum Gasteiger partial charge on any atom is 0.333 e. The fraction of sp³-hybridized carbons (Fsp3) is 0.600. The predicted molar refractivity (Wildman–Crippen MR) is 48.5 cm³/mol. The van der Waals surface area contributed by atoms with Crippen LogP contribution in [0, 0.1) is 0 Å². The summed E-state index contributed by atoms with van der Waals surface area (Å²) in [5.74, 6) is -2.96. The molecule has 0 amide bonds. The number of carbonyl (C=O) groups excluding carboxylic acids is 2. The number of hydrogen-bond donors (Lipinski definition) is 1. The van der Waals surface area contributed by atoms with Gasteiger partial charge in [0.05, 0.1) is 0 Å². The number of esters is 2. The van der Waals surface area contributed by atoms with Crippen molar-refractivity contribution in [2.45, 2.75) is 37.6 Å². The van der Waals surface area contributed by atoms with Crippen LogP contribution in [-0.4, -0.2) is 28.9 Å². The van der Waals surface area contributed by atoms with E-state index in [1.807, 2.05) is 0 Å². The van der Waals surface area contributed by atoms with E-state index in [1.54, 1.807) is 0 Å². The Morgan fingerprint density at radius 3 is 2.80 bits per heavy atom. The molecule has 0 radical (unpaired) electrons. The van der Waals surface area contributed by atoms with E-state index in [2.05, 4.69) is 0 Å². The van der Waals surface area contributed by atoms with Gasteiger partial charge in [0.1, 0.15) is 0 Å². The molecule has 1 N–H and O–H groups in total. The Labute approximate surface area is 86.7 Å². The second-order valence-electron chi connectivity index (χ2n) is 3.77. The molecule has 5 nitrogen and oxygen atoms in total. The van der Waals surface area contributed by atoms with E-state index in [9.17, 15) is 14.7 Å². The van der Waals surface area contributed by atoms with Crippen LogP contribution in [0.4, 0.5) is 0 Å². The van der Waals surface area contributed by atoms with E-state index in [0.29, 0.717) is 12.8 Å². The monoisotopic (exact) mass is 212 g/mol. The van der Waals surface area contributed by atoms with Crippen LogP contribution < -0.4 is 0 Å². The zero-order valence-electron chi connectivity index (χ0n) is 8.14. The number of aliphatic hydroxyl groups is 1. The summed E-state index contributed by atoms with van der Waals surface area (Å²) in [6.07, 6.45) is 3.66. The van der Waals surface area contributed by atoms with Gasteiger partial charge < -0.3 is 14.6 Å². The van der Waals surface area contributed by atoms with Crippen molar-refractivity contribution < 1.29 is 24.2 Å². The fourth-order valence-corrected chi connectivity index (χ4v) is 1.89. The fourth-order valence-electron chi connectivity index (χ4n) is 1.89. The number of carbonyl (C=O) groups is 2. The Hall–Kier alpha value is -1.36. The molecule has 1 aliphatic heterocycles. The minimum absolute atomic E-state index is 0.310. The molecule has 1 saturated carbocycles. The minimum Gasteiger partial charge on any atom is -0.452 e. The molecule has 0 aromatic rings. The Balaban J connectivity index is 2.26. The van der Waals surface area contributed by atoms with E-state index >= 15 is 0 Å². The Morgan fingerprint density at radius 1 is 1.27 bits per heavy atom. The second kappa shape index (κ2) is 3.66. The maximum atomic E-state index is 11.2. The van der Waals surface area contributed by atoms with Crippen LogP contribution in [0.5, 0.6) is 0 Å². The zero-order valence-corrected chi connectivity index (χ0v) is 8.14. The summed E-state index contributed by atoms with van der Waals surface area (Å²) in [6, 6.07) is 0. The van der Waals surface area contributed by atoms with Gasteiger partial charge in [-0.15, -0.1) is 0 Å². The van der Waals surface area contributed by atoms with Crippen molar-refractivity contribution in [3.63, 3.8) is 0 Å². The van der Waals surface area contributed by atoms with Crippen molar-refractivity contribution in [3.8, 4) is 0 Å². The lowest BCUT2D eigenvalue weighted by atomic mass is 9.91. The molecule has 0 aromatic carbocycles. The van der Waals surface area contributed by atoms with Crippen LogP contribution >= 0.6 is 0 Å². The number of hydrogen-bond acceptors (Lipinski definition) is 5. The predicted octanol–water partition coefficient (Wildman–Crippen LogP) is 0.274. The molecule has 1 fully saturated rings. The van der Waals surface area contributed by atoms with Gasteiger partial charge in [0, 0.05) is 18.6 Å². The lowest BCUT2D eigenvalue weighted by molar-refractivity contribution is -0.262. The highest BCUT2D eigenvalue weighted by atomic mass is 16.7. The minimum atomic E-state index is -1.64. The molecule has 5 heteroatoms. The largest absolute Gasteiger partial charge is 0.452 e. The van der Waals surface area contributed by atoms with E-state index in [1.165, 1.54) is 0 Å². The van der Waals surface area contributed by atoms with Crippen molar-refractivity contribution in [3.05, 3.63) is 12.2 Å². The van der Waals surface area contributed by atoms with Crippen LogP contribution in [-0.2, 0) is 19.1 Å². The molecule has 2 rings (SSSR count). The van der Waals surface area contributed by atoms with Gasteiger partial charge in [0.15, 0.2) is 6.10 Å². The Kier molecular flexibility index (Phi) is 2.48. The van der Waals surface area contributed by atoms with Gasteiger partial charge in [-0.25, -0.2) is 9.59 Å². The van der Waals surface area contributed by atoms with Gasteiger partial charge in [0.2, 0.25) is 5.79 Å². The molecule has 2 unspecified atom stereocenters. The van der Waals surface area contributed by atoms with Crippen LogP contribution in [0.15, 0.2) is 12.2 Å². The van der Waals surface area contributed by atoms with Crippen molar-refractivity contribution in [1.29, 1.82) is 0 Å². The molecule has 2 atom stereocenters. The van der Waals surface area contributed by atoms with Crippen molar-refractivity contribution >= 4 is 11.9 Å². The first-order valence-electron chi connectivity index (χ1n) is 4.94. The molecule has 0 bridgehead atoms. The van der Waals surface area contributed by atoms with Crippen molar-refractivity contribution in [2.75, 3.05) is 0 Å². The van der Waals surface area contributed by atoms with Gasteiger partial charge in [-0.1, -0.05) is 0 Å². The first-order valence-corrected chi connectivity index (χ1v) is 4.94. The summed E-state index contributed by atoms with van der Waals surface area (Å²) in [4.78, 5) is 22.3. The Bertz CT molecular complexity index is 322. The molecular weight excluding hydrogens is 200 g/mol. The summed E-state index contributed by atoms with van der Waals surface area (Å²) >= 11 is 0. The molecule has 0 spiro atoms. The quantitative estimate of drug-likeness (QED) is 0.583. The van der Waals surface area contributed by atoms with Crippen LogP contribution in [0.25, 0.3) is 0 Å².